The maximum atomic E-state index is 4.57. The Morgan fingerprint density at radius 2 is 0.645 bits per heavy atom. The zero-order valence-corrected chi connectivity index (χ0v) is 24.4. The fourth-order valence-electron chi connectivity index (χ4n) is 6.44. The van der Waals surface area contributed by atoms with Crippen molar-refractivity contribution in [2.45, 2.75) is 148 Å². The van der Waals surface area contributed by atoms with Crippen LogP contribution in [0.1, 0.15) is 131 Å². The second-order valence-corrected chi connectivity index (χ2v) is 13.5. The minimum absolute atomic E-state index is 0.385. The number of hydrogen-bond donors (Lipinski definition) is 0. The zero-order valence-electron chi connectivity index (χ0n) is 21.0. The molecule has 0 aromatic rings. The standard InChI is InChI=1S/C18H33P.C10H15.ClH.Ru/c1-4-10-16(11-5-1)19(17-12-6-2-7-13-17)18-14-8-3-9-15-18;1-6-7(2)9(4)10(5)8(6)3;;/h16-18H,1-15H2;1-5H3;1H;/q;;;+2/p-1. The van der Waals surface area contributed by atoms with Gasteiger partial charge in [0, 0.05) is 0 Å². The van der Waals surface area contributed by atoms with E-state index in [1.165, 1.54) is 65.8 Å². The summed E-state index contributed by atoms with van der Waals surface area (Å²) < 4.78 is 0. The van der Waals surface area contributed by atoms with Gasteiger partial charge in [-0.25, -0.2) is 0 Å². The quantitative estimate of drug-likeness (QED) is 0.242. The van der Waals surface area contributed by atoms with Crippen LogP contribution < -0.4 is 0 Å². The molecule has 3 heteroatoms. The van der Waals surface area contributed by atoms with E-state index in [2.05, 4.69) is 44.3 Å². The van der Waals surface area contributed by atoms with E-state index >= 15 is 0 Å². The molecule has 4 fully saturated rings. The van der Waals surface area contributed by atoms with Crippen molar-refractivity contribution >= 4 is 17.6 Å². The summed E-state index contributed by atoms with van der Waals surface area (Å²) in [6, 6.07) is 0. The molecule has 0 aromatic carbocycles. The fraction of sp³-hybridized carbons (Fsp3) is 0.821. The molecule has 0 atom stereocenters. The van der Waals surface area contributed by atoms with Crippen LogP contribution in [0.2, 0.25) is 0 Å². The van der Waals surface area contributed by atoms with Gasteiger partial charge in [-0.1, -0.05) is 100 Å². The van der Waals surface area contributed by atoms with Gasteiger partial charge in [0.25, 0.3) is 0 Å². The Morgan fingerprint density at radius 3 is 0.839 bits per heavy atom. The molecule has 0 nitrogen and oxygen atoms in total. The average Bonchev–Trinajstić information content (AvgIpc) is 3.01. The molecular formula is C28H48ClPRu+. The van der Waals surface area contributed by atoms with Gasteiger partial charge in [0.2, 0.25) is 0 Å². The van der Waals surface area contributed by atoms with E-state index in [1.807, 2.05) is 17.3 Å². The van der Waals surface area contributed by atoms with Crippen LogP contribution in [0.4, 0.5) is 0 Å². The van der Waals surface area contributed by atoms with Crippen molar-refractivity contribution in [2.75, 3.05) is 0 Å². The van der Waals surface area contributed by atoms with E-state index in [9.17, 15) is 0 Å². The molecule has 31 heavy (non-hydrogen) atoms. The normalized spacial score (nSPS) is 27.1. The number of halogens is 1. The van der Waals surface area contributed by atoms with E-state index in [0.29, 0.717) is 7.92 Å². The van der Waals surface area contributed by atoms with Crippen LogP contribution in [0.5, 0.6) is 0 Å². The molecule has 4 rings (SSSR count). The SMILES string of the molecule is C1CCC(P(C2CCCCC2)C2CCCCC2)CC1.C[C]1[C](C)[C](C)[C](C)[C]1C.[Cl][Ru+]. The molecule has 5 radical (unpaired) electrons. The first-order valence-corrected chi connectivity index (χ1v) is 16.9. The van der Waals surface area contributed by atoms with Crippen LogP contribution in [0.3, 0.4) is 0 Å². The second-order valence-electron chi connectivity index (χ2n) is 10.4. The topological polar surface area (TPSA) is 0 Å². The molecule has 0 N–H and O–H groups in total. The summed E-state index contributed by atoms with van der Waals surface area (Å²) in [6.45, 7) is 11.0. The van der Waals surface area contributed by atoms with Crippen molar-refractivity contribution in [1.82, 2.24) is 0 Å². The van der Waals surface area contributed by atoms with E-state index in [1.54, 1.807) is 77.0 Å². The first-order valence-electron chi connectivity index (χ1n) is 13.1. The fourth-order valence-corrected chi connectivity index (χ4v) is 11.1. The monoisotopic (exact) mass is 552 g/mol. The van der Waals surface area contributed by atoms with Crippen molar-refractivity contribution < 1.29 is 17.3 Å². The Morgan fingerprint density at radius 1 is 0.452 bits per heavy atom. The molecule has 0 saturated heterocycles. The summed E-state index contributed by atoms with van der Waals surface area (Å²) in [7, 11) is 4.95. The second kappa shape index (κ2) is 15.4. The summed E-state index contributed by atoms with van der Waals surface area (Å²) in [5.41, 5.74) is 3.57. The molecule has 4 aliphatic rings. The number of rotatable bonds is 3. The van der Waals surface area contributed by atoms with Gasteiger partial charge in [-0.05, 0) is 85.1 Å². The van der Waals surface area contributed by atoms with E-state index in [-0.39, 0.29) is 0 Å². The zero-order chi connectivity index (χ0) is 22.8. The predicted molar refractivity (Wildman–Crippen MR) is 138 cm³/mol. The summed E-state index contributed by atoms with van der Waals surface area (Å²) in [4.78, 5) is 0. The van der Waals surface area contributed by atoms with Gasteiger partial charge in [0.15, 0.2) is 0 Å². The minimum atomic E-state index is 0.385. The van der Waals surface area contributed by atoms with E-state index < -0.39 is 0 Å². The third-order valence-electron chi connectivity index (χ3n) is 8.80. The Balaban J connectivity index is 0.000000241. The van der Waals surface area contributed by atoms with Gasteiger partial charge in [0.05, 0.1) is 0 Å². The molecule has 0 heterocycles. The summed E-state index contributed by atoms with van der Waals surface area (Å²) in [5, 5.41) is 0. The van der Waals surface area contributed by atoms with Gasteiger partial charge in [-0.3, -0.25) is 0 Å². The Hall–Kier alpha value is 1.34. The van der Waals surface area contributed by atoms with Crippen molar-refractivity contribution in [3.8, 4) is 0 Å². The maximum absolute atomic E-state index is 4.57. The molecule has 179 valence electrons. The average molecular weight is 552 g/mol. The Labute approximate surface area is 211 Å². The molecule has 0 aliphatic heterocycles. The molecule has 4 aliphatic carbocycles. The van der Waals surface area contributed by atoms with Crippen molar-refractivity contribution in [2.24, 2.45) is 0 Å². The van der Waals surface area contributed by atoms with Crippen molar-refractivity contribution in [3.05, 3.63) is 29.6 Å². The molecule has 0 amide bonds. The molecule has 4 saturated carbocycles. The van der Waals surface area contributed by atoms with E-state index in [4.69, 9.17) is 0 Å². The van der Waals surface area contributed by atoms with Gasteiger partial charge in [0.1, 0.15) is 0 Å². The summed E-state index contributed by atoms with van der Waals surface area (Å²) in [5.74, 6) is 7.34. The van der Waals surface area contributed by atoms with Crippen LogP contribution in [-0.2, 0) is 17.3 Å². The molecule has 0 spiro atoms. The van der Waals surface area contributed by atoms with E-state index in [0.717, 1.165) is 0 Å². The van der Waals surface area contributed by atoms with Gasteiger partial charge in [-0.2, -0.15) is 0 Å². The first kappa shape index (κ1) is 28.6. The summed E-state index contributed by atoms with van der Waals surface area (Å²) >= 11 is 1.82. The van der Waals surface area contributed by atoms with Crippen LogP contribution in [0.25, 0.3) is 0 Å². The third-order valence-corrected chi connectivity index (χ3v) is 12.9. The van der Waals surface area contributed by atoms with Crippen LogP contribution in [-0.4, -0.2) is 17.0 Å². The predicted octanol–water partition coefficient (Wildman–Crippen LogP) is 10.1. The van der Waals surface area contributed by atoms with Crippen LogP contribution in [0.15, 0.2) is 0 Å². The van der Waals surface area contributed by atoms with Crippen molar-refractivity contribution in [3.63, 3.8) is 0 Å². The van der Waals surface area contributed by atoms with Gasteiger partial charge in [-0.15, -0.1) is 0 Å². The number of hydrogen-bond acceptors (Lipinski definition) is 0. The van der Waals surface area contributed by atoms with Crippen LogP contribution >= 0.6 is 17.6 Å². The van der Waals surface area contributed by atoms with Crippen molar-refractivity contribution in [1.29, 1.82) is 0 Å². The molecule has 0 aromatic heterocycles. The first-order chi connectivity index (χ1) is 15.0. The van der Waals surface area contributed by atoms with Gasteiger partial charge >= 0.3 is 27.0 Å². The Bertz CT molecular complexity index is 366. The molecular weight excluding hydrogens is 504 g/mol. The third kappa shape index (κ3) is 8.21. The summed E-state index contributed by atoms with van der Waals surface area (Å²) in [6.07, 6.45) is 23.6. The van der Waals surface area contributed by atoms with Gasteiger partial charge < -0.3 is 0 Å². The Kier molecular flexibility index (Phi) is 14.2. The molecule has 0 unspecified atom stereocenters. The molecule has 0 bridgehead atoms. The van der Waals surface area contributed by atoms with Crippen LogP contribution in [0, 0.1) is 29.6 Å².